The Hall–Kier alpha value is -1.54. The van der Waals surface area contributed by atoms with E-state index in [1.807, 2.05) is 4.68 Å². The maximum Gasteiger partial charge on any atom is 0.236 e. The molecule has 8 nitrogen and oxygen atoms in total. The number of amides is 1. The summed E-state index contributed by atoms with van der Waals surface area (Å²) < 4.78 is 1.90. The predicted molar refractivity (Wildman–Crippen MR) is 94.9 cm³/mol. The number of nitrogens with zero attached hydrogens (tertiary/aromatic N) is 7. The smallest absolute Gasteiger partial charge is 0.236 e. The Labute approximate surface area is 150 Å². The van der Waals surface area contributed by atoms with Gasteiger partial charge in [-0.25, -0.2) is 4.68 Å². The minimum Gasteiger partial charge on any atom is -0.339 e. The lowest BCUT2D eigenvalue weighted by Crippen LogP contribution is -2.52. The molecule has 2 fully saturated rings. The number of hydrogen-bond donors (Lipinski definition) is 0. The molecule has 0 spiro atoms. The number of tetrazole rings is 1. The molecule has 3 rings (SSSR count). The van der Waals surface area contributed by atoms with Crippen molar-refractivity contribution in [3.05, 3.63) is 5.82 Å². The predicted octanol–water partition coefficient (Wildman–Crippen LogP) is 0.602. The molecule has 140 valence electrons. The third kappa shape index (κ3) is 4.76. The molecule has 1 atom stereocenters. The van der Waals surface area contributed by atoms with Crippen LogP contribution in [0.2, 0.25) is 0 Å². The Morgan fingerprint density at radius 1 is 1.12 bits per heavy atom. The average Bonchev–Trinajstić information content (AvgIpc) is 3.04. The van der Waals surface area contributed by atoms with Crippen molar-refractivity contribution in [1.82, 2.24) is 34.9 Å². The number of carbonyl (C=O) groups excluding carboxylic acids is 1. The van der Waals surface area contributed by atoms with Gasteiger partial charge in [-0.3, -0.25) is 14.6 Å². The first kappa shape index (κ1) is 18.3. The monoisotopic (exact) mass is 349 g/mol. The second-order valence-corrected chi connectivity index (χ2v) is 7.30. The summed E-state index contributed by atoms with van der Waals surface area (Å²) >= 11 is 0. The van der Waals surface area contributed by atoms with E-state index in [0.29, 0.717) is 18.5 Å². The lowest BCUT2D eigenvalue weighted by molar-refractivity contribution is -0.136. The average molecular weight is 349 g/mol. The Morgan fingerprint density at radius 3 is 2.60 bits per heavy atom. The highest BCUT2D eigenvalue weighted by Gasteiger charge is 2.26. The highest BCUT2D eigenvalue weighted by Crippen LogP contribution is 2.17. The van der Waals surface area contributed by atoms with Crippen molar-refractivity contribution < 1.29 is 4.79 Å². The minimum absolute atomic E-state index is 0.299. The molecule has 1 unspecified atom stereocenters. The molecule has 1 aromatic rings. The quantitative estimate of drug-likeness (QED) is 0.749. The van der Waals surface area contributed by atoms with E-state index < -0.39 is 0 Å². The number of piperazine rings is 1. The van der Waals surface area contributed by atoms with Gasteiger partial charge in [-0.15, -0.1) is 5.10 Å². The summed E-state index contributed by atoms with van der Waals surface area (Å²) in [6.45, 7) is 11.2. The van der Waals surface area contributed by atoms with Crippen molar-refractivity contribution >= 4 is 5.91 Å². The molecule has 2 aliphatic rings. The first-order valence-corrected chi connectivity index (χ1v) is 9.66. The molecule has 0 N–H and O–H groups in total. The summed E-state index contributed by atoms with van der Waals surface area (Å²) in [7, 11) is 0. The molecule has 0 radical (unpaired) electrons. The first-order chi connectivity index (χ1) is 12.2. The zero-order chi connectivity index (χ0) is 17.6. The second kappa shape index (κ2) is 8.71. The second-order valence-electron chi connectivity index (χ2n) is 7.30. The van der Waals surface area contributed by atoms with Crippen LogP contribution in [-0.2, 0) is 17.9 Å². The molecule has 3 heterocycles. The van der Waals surface area contributed by atoms with Gasteiger partial charge in [0.1, 0.15) is 0 Å². The van der Waals surface area contributed by atoms with E-state index in [-0.39, 0.29) is 0 Å². The van der Waals surface area contributed by atoms with Gasteiger partial charge in [0, 0.05) is 45.3 Å². The minimum atomic E-state index is 0.299. The number of aromatic nitrogens is 4. The van der Waals surface area contributed by atoms with E-state index in [4.69, 9.17) is 0 Å². The van der Waals surface area contributed by atoms with Crippen LogP contribution < -0.4 is 0 Å². The standard InChI is InChI=1S/C17H31N7O/c1-3-7-24-16(18-19-20-24)13-21-9-11-22(12-10-21)14-17(25)23-8-5-4-6-15(23)2/h15H,3-14H2,1-2H3. The normalized spacial score (nSPS) is 23.1. The van der Waals surface area contributed by atoms with Crippen LogP contribution in [-0.4, -0.2) is 86.1 Å². The summed E-state index contributed by atoms with van der Waals surface area (Å²) in [5.74, 6) is 1.24. The van der Waals surface area contributed by atoms with Crippen molar-refractivity contribution in [1.29, 1.82) is 0 Å². The van der Waals surface area contributed by atoms with Gasteiger partial charge in [-0.2, -0.15) is 0 Å². The zero-order valence-corrected chi connectivity index (χ0v) is 15.6. The van der Waals surface area contributed by atoms with Crippen LogP contribution in [0.15, 0.2) is 0 Å². The van der Waals surface area contributed by atoms with E-state index in [1.54, 1.807) is 0 Å². The molecule has 1 aromatic heterocycles. The highest BCUT2D eigenvalue weighted by molar-refractivity contribution is 5.78. The summed E-state index contributed by atoms with van der Waals surface area (Å²) in [6, 6.07) is 0.403. The summed E-state index contributed by atoms with van der Waals surface area (Å²) in [4.78, 5) is 19.3. The fourth-order valence-electron chi connectivity index (χ4n) is 3.78. The van der Waals surface area contributed by atoms with Crippen LogP contribution in [0.1, 0.15) is 45.4 Å². The van der Waals surface area contributed by atoms with Gasteiger partial charge in [-0.1, -0.05) is 6.92 Å². The van der Waals surface area contributed by atoms with Crippen molar-refractivity contribution in [3.8, 4) is 0 Å². The van der Waals surface area contributed by atoms with Crippen LogP contribution in [0, 0.1) is 0 Å². The van der Waals surface area contributed by atoms with Crippen molar-refractivity contribution in [2.45, 2.75) is 58.7 Å². The van der Waals surface area contributed by atoms with Crippen LogP contribution in [0.5, 0.6) is 0 Å². The van der Waals surface area contributed by atoms with Crippen LogP contribution in [0.3, 0.4) is 0 Å². The third-order valence-corrected chi connectivity index (χ3v) is 5.35. The Kier molecular flexibility index (Phi) is 6.36. The molecule has 0 aromatic carbocycles. The van der Waals surface area contributed by atoms with E-state index in [0.717, 1.165) is 70.9 Å². The molecule has 0 aliphatic carbocycles. The van der Waals surface area contributed by atoms with Gasteiger partial charge in [0.2, 0.25) is 5.91 Å². The summed E-state index contributed by atoms with van der Waals surface area (Å²) in [5, 5.41) is 12.0. The van der Waals surface area contributed by atoms with Crippen molar-refractivity contribution in [2.75, 3.05) is 39.3 Å². The lowest BCUT2D eigenvalue weighted by atomic mass is 10.0. The SMILES string of the molecule is CCCn1nnnc1CN1CCN(CC(=O)N2CCCCC2C)CC1. The highest BCUT2D eigenvalue weighted by atomic mass is 16.2. The topological polar surface area (TPSA) is 70.4 Å². The number of rotatable bonds is 6. The fraction of sp³-hybridized carbons (Fsp3) is 0.882. The van der Waals surface area contributed by atoms with Gasteiger partial charge >= 0.3 is 0 Å². The Bertz CT molecular complexity index is 553. The molecule has 25 heavy (non-hydrogen) atoms. The van der Waals surface area contributed by atoms with Crippen LogP contribution in [0.25, 0.3) is 0 Å². The Balaban J connectivity index is 1.44. The van der Waals surface area contributed by atoms with E-state index in [1.165, 1.54) is 6.42 Å². The molecular formula is C17H31N7O. The molecule has 0 bridgehead atoms. The molecule has 0 saturated carbocycles. The zero-order valence-electron chi connectivity index (χ0n) is 15.6. The number of aryl methyl sites for hydroxylation is 1. The van der Waals surface area contributed by atoms with Gasteiger partial charge < -0.3 is 4.90 Å². The van der Waals surface area contributed by atoms with Crippen molar-refractivity contribution in [2.24, 2.45) is 0 Å². The molecular weight excluding hydrogens is 318 g/mol. The first-order valence-electron chi connectivity index (χ1n) is 9.66. The number of carbonyl (C=O) groups is 1. The van der Waals surface area contributed by atoms with Gasteiger partial charge in [-0.05, 0) is 43.0 Å². The molecule has 8 heteroatoms. The molecule has 1 amide bonds. The van der Waals surface area contributed by atoms with Crippen LogP contribution >= 0.6 is 0 Å². The van der Waals surface area contributed by atoms with Crippen LogP contribution in [0.4, 0.5) is 0 Å². The molecule has 2 aliphatic heterocycles. The Morgan fingerprint density at radius 2 is 1.88 bits per heavy atom. The van der Waals surface area contributed by atoms with E-state index in [9.17, 15) is 4.79 Å². The maximum absolute atomic E-state index is 12.6. The lowest BCUT2D eigenvalue weighted by Gasteiger charge is -2.37. The summed E-state index contributed by atoms with van der Waals surface area (Å²) in [5.41, 5.74) is 0. The number of hydrogen-bond acceptors (Lipinski definition) is 6. The number of likely N-dealkylation sites (tertiary alicyclic amines) is 1. The van der Waals surface area contributed by atoms with Crippen molar-refractivity contribution in [3.63, 3.8) is 0 Å². The van der Waals surface area contributed by atoms with Gasteiger partial charge in [0.05, 0.1) is 13.1 Å². The van der Waals surface area contributed by atoms with Gasteiger partial charge in [0.25, 0.3) is 0 Å². The van der Waals surface area contributed by atoms with E-state index >= 15 is 0 Å². The molecule has 2 saturated heterocycles. The summed E-state index contributed by atoms with van der Waals surface area (Å²) in [6.07, 6.45) is 4.58. The van der Waals surface area contributed by atoms with E-state index in [2.05, 4.69) is 44.1 Å². The maximum atomic E-state index is 12.6. The number of piperidine rings is 1. The van der Waals surface area contributed by atoms with Gasteiger partial charge in [0.15, 0.2) is 5.82 Å². The largest absolute Gasteiger partial charge is 0.339 e. The third-order valence-electron chi connectivity index (χ3n) is 5.35. The fourth-order valence-corrected chi connectivity index (χ4v) is 3.78.